The van der Waals surface area contributed by atoms with Crippen LogP contribution in [0.1, 0.15) is 12.8 Å². The maximum atomic E-state index is 11.5. The Hall–Kier alpha value is -2.05. The summed E-state index contributed by atoms with van der Waals surface area (Å²) >= 11 is 0. The summed E-state index contributed by atoms with van der Waals surface area (Å²) in [5, 5.41) is 5.01. The van der Waals surface area contributed by atoms with Gasteiger partial charge in [0.05, 0.1) is 7.11 Å². The summed E-state index contributed by atoms with van der Waals surface area (Å²) in [6, 6.07) is 0. The van der Waals surface area contributed by atoms with E-state index < -0.39 is 11.8 Å². The van der Waals surface area contributed by atoms with Crippen molar-refractivity contribution < 1.29 is 19.1 Å². The molecule has 1 fully saturated rings. The van der Waals surface area contributed by atoms with Crippen molar-refractivity contribution in [2.75, 3.05) is 33.3 Å². The normalized spacial score (nSPS) is 15.3. The van der Waals surface area contributed by atoms with Crippen molar-refractivity contribution in [3.8, 4) is 0 Å². The number of nitrogens with zero attached hydrogens (tertiary/aromatic N) is 1. The highest BCUT2D eigenvalue weighted by molar-refractivity contribution is 6.35. The molecule has 0 aliphatic carbocycles. The van der Waals surface area contributed by atoms with Crippen molar-refractivity contribution in [3.05, 3.63) is 12.7 Å². The summed E-state index contributed by atoms with van der Waals surface area (Å²) in [6.07, 6.45) is 2.75. The number of carbonyl (C=O) groups excluding carboxylic acids is 3. The van der Waals surface area contributed by atoms with Crippen LogP contribution in [0, 0.1) is 5.92 Å². The molecular weight excluding hydrogens is 262 g/mol. The lowest BCUT2D eigenvalue weighted by atomic mass is 9.97. The van der Waals surface area contributed by atoms with Crippen molar-refractivity contribution in [3.63, 3.8) is 0 Å². The smallest absolute Gasteiger partial charge is 0.409 e. The highest BCUT2D eigenvalue weighted by Gasteiger charge is 2.24. The largest absolute Gasteiger partial charge is 0.453 e. The minimum atomic E-state index is -0.656. The average Bonchev–Trinajstić information content (AvgIpc) is 2.49. The van der Waals surface area contributed by atoms with Crippen LogP contribution in [0.5, 0.6) is 0 Å². The van der Waals surface area contributed by atoms with E-state index in [-0.39, 0.29) is 18.6 Å². The molecule has 0 saturated carbocycles. The second kappa shape index (κ2) is 8.19. The summed E-state index contributed by atoms with van der Waals surface area (Å²) in [4.78, 5) is 35.7. The average molecular weight is 283 g/mol. The fourth-order valence-electron chi connectivity index (χ4n) is 2.01. The van der Waals surface area contributed by atoms with Crippen LogP contribution >= 0.6 is 0 Å². The second-order valence-corrected chi connectivity index (χ2v) is 4.61. The van der Waals surface area contributed by atoms with Crippen LogP contribution < -0.4 is 10.6 Å². The van der Waals surface area contributed by atoms with Crippen LogP contribution in [-0.4, -0.2) is 56.1 Å². The maximum Gasteiger partial charge on any atom is 0.409 e. The molecule has 1 saturated heterocycles. The molecule has 0 radical (unpaired) electrons. The molecule has 20 heavy (non-hydrogen) atoms. The molecule has 1 rings (SSSR count). The third kappa shape index (κ3) is 4.91. The first-order valence-corrected chi connectivity index (χ1v) is 6.58. The lowest BCUT2D eigenvalue weighted by Crippen LogP contribution is -2.44. The van der Waals surface area contributed by atoms with E-state index in [0.29, 0.717) is 19.6 Å². The third-order valence-electron chi connectivity index (χ3n) is 3.21. The topological polar surface area (TPSA) is 87.7 Å². The minimum Gasteiger partial charge on any atom is -0.453 e. The maximum absolute atomic E-state index is 11.5. The molecule has 1 heterocycles. The number of likely N-dealkylation sites (tertiary alicyclic amines) is 1. The van der Waals surface area contributed by atoms with Gasteiger partial charge in [0, 0.05) is 26.2 Å². The fourth-order valence-corrected chi connectivity index (χ4v) is 2.01. The Balaban J connectivity index is 2.24. The molecule has 7 nitrogen and oxygen atoms in total. The van der Waals surface area contributed by atoms with Gasteiger partial charge in [0.2, 0.25) is 0 Å². The molecule has 2 N–H and O–H groups in total. The Labute approximate surface area is 118 Å². The first-order valence-electron chi connectivity index (χ1n) is 6.58. The third-order valence-corrected chi connectivity index (χ3v) is 3.21. The highest BCUT2D eigenvalue weighted by atomic mass is 16.5. The van der Waals surface area contributed by atoms with Crippen molar-refractivity contribution in [2.45, 2.75) is 12.8 Å². The molecule has 3 amide bonds. The Morgan fingerprint density at radius 2 is 1.85 bits per heavy atom. The van der Waals surface area contributed by atoms with Gasteiger partial charge in [-0.3, -0.25) is 9.59 Å². The molecule has 0 aromatic carbocycles. The van der Waals surface area contributed by atoms with Gasteiger partial charge < -0.3 is 20.3 Å². The summed E-state index contributed by atoms with van der Waals surface area (Å²) in [7, 11) is 1.36. The van der Waals surface area contributed by atoms with E-state index in [4.69, 9.17) is 0 Å². The zero-order chi connectivity index (χ0) is 15.0. The summed E-state index contributed by atoms with van der Waals surface area (Å²) in [5.74, 6) is -1.02. The van der Waals surface area contributed by atoms with Crippen LogP contribution in [-0.2, 0) is 14.3 Å². The molecule has 112 valence electrons. The van der Waals surface area contributed by atoms with Gasteiger partial charge >= 0.3 is 17.9 Å². The molecule has 7 heteroatoms. The van der Waals surface area contributed by atoms with Gasteiger partial charge in [-0.2, -0.15) is 0 Å². The van der Waals surface area contributed by atoms with E-state index in [2.05, 4.69) is 21.9 Å². The van der Waals surface area contributed by atoms with E-state index >= 15 is 0 Å². The molecule has 0 unspecified atom stereocenters. The van der Waals surface area contributed by atoms with Crippen LogP contribution in [0.25, 0.3) is 0 Å². The minimum absolute atomic E-state index is 0.268. The monoisotopic (exact) mass is 283 g/mol. The van der Waals surface area contributed by atoms with Crippen LogP contribution in [0.2, 0.25) is 0 Å². The number of rotatable bonds is 4. The Kier molecular flexibility index (Phi) is 6.55. The lowest BCUT2D eigenvalue weighted by Gasteiger charge is -2.30. The van der Waals surface area contributed by atoms with Crippen LogP contribution in [0.3, 0.4) is 0 Å². The van der Waals surface area contributed by atoms with E-state index in [9.17, 15) is 14.4 Å². The van der Waals surface area contributed by atoms with E-state index in [1.807, 2.05) is 0 Å². The van der Waals surface area contributed by atoms with Gasteiger partial charge in [0.1, 0.15) is 0 Å². The first-order chi connectivity index (χ1) is 9.58. The number of carbonyl (C=O) groups is 3. The number of ether oxygens (including phenoxy) is 1. The number of nitrogens with one attached hydrogen (secondary N) is 2. The number of hydrogen-bond donors (Lipinski definition) is 2. The van der Waals surface area contributed by atoms with Crippen molar-refractivity contribution in [1.29, 1.82) is 0 Å². The predicted octanol–water partition coefficient (Wildman–Crippen LogP) is -0.117. The van der Waals surface area contributed by atoms with Crippen LogP contribution in [0.15, 0.2) is 12.7 Å². The number of piperidine rings is 1. The Morgan fingerprint density at radius 1 is 1.25 bits per heavy atom. The van der Waals surface area contributed by atoms with Gasteiger partial charge in [-0.15, -0.1) is 6.58 Å². The van der Waals surface area contributed by atoms with Gasteiger partial charge in [0.15, 0.2) is 0 Å². The molecule has 0 aromatic rings. The molecule has 0 spiro atoms. The summed E-state index contributed by atoms with van der Waals surface area (Å²) in [6.45, 7) is 5.37. The molecule has 0 atom stereocenters. The first kappa shape index (κ1) is 16.0. The summed E-state index contributed by atoms with van der Waals surface area (Å²) < 4.78 is 4.65. The number of hydrogen-bond acceptors (Lipinski definition) is 4. The predicted molar refractivity (Wildman–Crippen MR) is 72.9 cm³/mol. The standard InChI is InChI=1S/C13H21N3O4/c1-3-6-14-11(17)12(18)15-9-10-4-7-16(8-5-10)13(19)20-2/h3,10H,1,4-9H2,2H3,(H,14,17)(H,15,18). The summed E-state index contributed by atoms with van der Waals surface area (Å²) in [5.41, 5.74) is 0. The lowest BCUT2D eigenvalue weighted by molar-refractivity contribution is -0.139. The molecule has 1 aliphatic rings. The van der Waals surface area contributed by atoms with Crippen molar-refractivity contribution in [1.82, 2.24) is 15.5 Å². The zero-order valence-corrected chi connectivity index (χ0v) is 11.7. The van der Waals surface area contributed by atoms with Gasteiger partial charge in [-0.25, -0.2) is 4.79 Å². The van der Waals surface area contributed by atoms with Crippen molar-refractivity contribution >= 4 is 17.9 Å². The van der Waals surface area contributed by atoms with E-state index in [0.717, 1.165) is 12.8 Å². The number of amides is 3. The highest BCUT2D eigenvalue weighted by Crippen LogP contribution is 2.16. The second-order valence-electron chi connectivity index (χ2n) is 4.61. The van der Waals surface area contributed by atoms with E-state index in [1.54, 1.807) is 4.90 Å². The molecule has 0 bridgehead atoms. The molecule has 0 aromatic heterocycles. The fraction of sp³-hybridized carbons (Fsp3) is 0.615. The van der Waals surface area contributed by atoms with Gasteiger partial charge in [-0.1, -0.05) is 6.08 Å². The van der Waals surface area contributed by atoms with Crippen molar-refractivity contribution in [2.24, 2.45) is 5.92 Å². The zero-order valence-electron chi connectivity index (χ0n) is 11.7. The number of methoxy groups -OCH3 is 1. The van der Waals surface area contributed by atoms with Gasteiger partial charge in [-0.05, 0) is 18.8 Å². The van der Waals surface area contributed by atoms with Gasteiger partial charge in [0.25, 0.3) is 0 Å². The SMILES string of the molecule is C=CCNC(=O)C(=O)NCC1CCN(C(=O)OC)CC1. The Morgan fingerprint density at radius 3 is 2.40 bits per heavy atom. The molecule has 1 aliphatic heterocycles. The van der Waals surface area contributed by atoms with Crippen LogP contribution in [0.4, 0.5) is 4.79 Å². The van der Waals surface area contributed by atoms with E-state index in [1.165, 1.54) is 13.2 Å². The molecular formula is C13H21N3O4. The Bertz CT molecular complexity index is 376. The quantitative estimate of drug-likeness (QED) is 0.556.